The number of carbonyl (C=O) groups is 1. The Morgan fingerprint density at radius 1 is 1.07 bits per heavy atom. The van der Waals surface area contributed by atoms with Gasteiger partial charge in [-0.2, -0.15) is 18.2 Å². The molecule has 146 valence electrons. The van der Waals surface area contributed by atoms with Crippen LogP contribution in [0.5, 0.6) is 0 Å². The maximum atomic E-state index is 12.5. The molecule has 0 aliphatic heterocycles. The van der Waals surface area contributed by atoms with Crippen LogP contribution in [0.2, 0.25) is 0 Å². The molecule has 1 amide bonds. The first-order valence-corrected chi connectivity index (χ1v) is 8.58. The number of aryl methyl sites for hydroxylation is 1. The minimum Gasteiger partial charge on any atom is -0.356 e. The van der Waals surface area contributed by atoms with Crippen molar-refractivity contribution >= 4 is 5.91 Å². The predicted molar refractivity (Wildman–Crippen MR) is 94.0 cm³/mol. The second-order valence-corrected chi connectivity index (χ2v) is 6.02. The van der Waals surface area contributed by atoms with Gasteiger partial charge >= 0.3 is 6.18 Å². The number of alkyl halides is 3. The largest absolute Gasteiger partial charge is 0.416 e. The van der Waals surface area contributed by atoms with Gasteiger partial charge in [-0.15, -0.1) is 0 Å². The topological polar surface area (TPSA) is 80.9 Å². The van der Waals surface area contributed by atoms with Gasteiger partial charge in [0.25, 0.3) is 0 Å². The zero-order chi connectivity index (χ0) is 20.0. The van der Waals surface area contributed by atoms with Crippen LogP contribution < -0.4 is 5.32 Å². The number of nitrogens with zero attached hydrogens (tertiary/aromatic N) is 3. The highest BCUT2D eigenvalue weighted by atomic mass is 19.4. The molecule has 0 unspecified atom stereocenters. The van der Waals surface area contributed by atoms with E-state index in [9.17, 15) is 18.0 Å². The van der Waals surface area contributed by atoms with Crippen LogP contribution in [0.3, 0.4) is 0 Å². The van der Waals surface area contributed by atoms with E-state index in [1.54, 1.807) is 18.3 Å². The fourth-order valence-corrected chi connectivity index (χ4v) is 2.47. The van der Waals surface area contributed by atoms with E-state index in [1.807, 2.05) is 6.07 Å². The molecule has 0 saturated carbocycles. The fourth-order valence-electron chi connectivity index (χ4n) is 2.47. The molecule has 0 aliphatic carbocycles. The van der Waals surface area contributed by atoms with Gasteiger partial charge < -0.3 is 9.84 Å². The first-order chi connectivity index (χ1) is 13.4. The number of hydrogen-bond donors (Lipinski definition) is 1. The van der Waals surface area contributed by atoms with Crippen LogP contribution in [0.25, 0.3) is 11.5 Å². The van der Waals surface area contributed by atoms with Gasteiger partial charge in [-0.25, -0.2) is 0 Å². The summed E-state index contributed by atoms with van der Waals surface area (Å²) in [5.41, 5.74) is 0.605. The fraction of sp³-hybridized carbons (Fsp3) is 0.263. The zero-order valence-electron chi connectivity index (χ0n) is 14.7. The summed E-state index contributed by atoms with van der Waals surface area (Å²) in [5.74, 6) is 0.487. The Hall–Kier alpha value is -3.23. The standard InChI is InChI=1S/C19H17F3N4O2/c20-19(21,22)14-6-4-13(5-7-14)10-12-24-16(27)8-9-17-25-18(26-28-17)15-3-1-2-11-23-15/h1-7,11H,8-10,12H2,(H,24,27). The molecular weight excluding hydrogens is 373 g/mol. The molecule has 1 aromatic carbocycles. The highest BCUT2D eigenvalue weighted by molar-refractivity contribution is 5.76. The smallest absolute Gasteiger partial charge is 0.356 e. The Morgan fingerprint density at radius 2 is 1.86 bits per heavy atom. The van der Waals surface area contributed by atoms with E-state index in [0.29, 0.717) is 35.9 Å². The predicted octanol–water partition coefficient (Wildman–Crippen LogP) is 3.44. The van der Waals surface area contributed by atoms with Crippen molar-refractivity contribution < 1.29 is 22.5 Å². The highest BCUT2D eigenvalue weighted by Gasteiger charge is 2.29. The SMILES string of the molecule is O=C(CCc1nc(-c2ccccn2)no1)NCCc1ccc(C(F)(F)F)cc1. The molecule has 28 heavy (non-hydrogen) atoms. The minimum absolute atomic E-state index is 0.164. The quantitative estimate of drug-likeness (QED) is 0.668. The number of hydrogen-bond acceptors (Lipinski definition) is 5. The molecule has 0 atom stereocenters. The number of pyridine rings is 1. The van der Waals surface area contributed by atoms with E-state index in [2.05, 4.69) is 20.4 Å². The molecule has 3 aromatic rings. The number of carbonyl (C=O) groups excluding carboxylic acids is 1. The van der Waals surface area contributed by atoms with Crippen LogP contribution in [-0.2, 0) is 23.8 Å². The second-order valence-electron chi connectivity index (χ2n) is 6.02. The lowest BCUT2D eigenvalue weighted by molar-refractivity contribution is -0.137. The lowest BCUT2D eigenvalue weighted by Gasteiger charge is -2.08. The Kier molecular flexibility index (Phi) is 6.03. The average molecular weight is 390 g/mol. The molecule has 1 N–H and O–H groups in total. The molecule has 3 rings (SSSR count). The number of aromatic nitrogens is 3. The number of rotatable bonds is 7. The second kappa shape index (κ2) is 8.64. The molecule has 0 radical (unpaired) electrons. The Labute approximate surface area is 158 Å². The molecule has 0 spiro atoms. The van der Waals surface area contributed by atoms with Crippen molar-refractivity contribution in [2.45, 2.75) is 25.4 Å². The van der Waals surface area contributed by atoms with Crippen molar-refractivity contribution in [3.05, 3.63) is 65.7 Å². The first-order valence-electron chi connectivity index (χ1n) is 8.58. The van der Waals surface area contributed by atoms with E-state index >= 15 is 0 Å². The van der Waals surface area contributed by atoms with Crippen LogP contribution in [0, 0.1) is 0 Å². The van der Waals surface area contributed by atoms with Crippen molar-refractivity contribution in [2.75, 3.05) is 6.54 Å². The monoisotopic (exact) mass is 390 g/mol. The third kappa shape index (κ3) is 5.38. The van der Waals surface area contributed by atoms with Gasteiger partial charge in [0.15, 0.2) is 0 Å². The van der Waals surface area contributed by atoms with Crippen LogP contribution in [-0.4, -0.2) is 27.6 Å². The first kappa shape index (κ1) is 19.5. The number of halogens is 3. The summed E-state index contributed by atoms with van der Waals surface area (Å²) in [6.45, 7) is 0.327. The van der Waals surface area contributed by atoms with Crippen molar-refractivity contribution in [3.8, 4) is 11.5 Å². The van der Waals surface area contributed by atoms with Crippen LogP contribution in [0.1, 0.15) is 23.4 Å². The maximum absolute atomic E-state index is 12.5. The zero-order valence-corrected chi connectivity index (χ0v) is 14.7. The third-order valence-electron chi connectivity index (χ3n) is 3.95. The molecule has 0 fully saturated rings. The van der Waals surface area contributed by atoms with Gasteiger partial charge in [-0.05, 0) is 36.2 Å². The normalized spacial score (nSPS) is 11.4. The molecular formula is C19H17F3N4O2. The average Bonchev–Trinajstić information content (AvgIpc) is 3.16. The number of benzene rings is 1. The van der Waals surface area contributed by atoms with Crippen LogP contribution in [0.4, 0.5) is 13.2 Å². The Bertz CT molecular complexity index is 909. The van der Waals surface area contributed by atoms with Crippen LogP contribution >= 0.6 is 0 Å². The van der Waals surface area contributed by atoms with Gasteiger partial charge in [0.2, 0.25) is 17.6 Å². The summed E-state index contributed by atoms with van der Waals surface area (Å²) in [6.07, 6.45) is -1.84. The summed E-state index contributed by atoms with van der Waals surface area (Å²) >= 11 is 0. The van der Waals surface area contributed by atoms with E-state index < -0.39 is 11.7 Å². The van der Waals surface area contributed by atoms with E-state index in [-0.39, 0.29) is 18.7 Å². The third-order valence-corrected chi connectivity index (χ3v) is 3.95. The molecule has 6 nitrogen and oxygen atoms in total. The Morgan fingerprint density at radius 3 is 2.54 bits per heavy atom. The summed E-state index contributed by atoms with van der Waals surface area (Å²) in [7, 11) is 0. The van der Waals surface area contributed by atoms with Crippen molar-refractivity contribution in [1.82, 2.24) is 20.4 Å². The molecule has 2 heterocycles. The molecule has 0 aliphatic rings. The summed E-state index contributed by atoms with van der Waals surface area (Å²) in [6, 6.07) is 10.2. The van der Waals surface area contributed by atoms with Gasteiger partial charge in [0, 0.05) is 25.6 Å². The van der Waals surface area contributed by atoms with Crippen molar-refractivity contribution in [1.29, 1.82) is 0 Å². The summed E-state index contributed by atoms with van der Waals surface area (Å²) < 4.78 is 42.7. The minimum atomic E-state index is -4.35. The van der Waals surface area contributed by atoms with E-state index in [4.69, 9.17) is 4.52 Å². The van der Waals surface area contributed by atoms with Gasteiger partial charge in [-0.1, -0.05) is 23.4 Å². The van der Waals surface area contributed by atoms with Crippen LogP contribution in [0.15, 0.2) is 53.2 Å². The highest BCUT2D eigenvalue weighted by Crippen LogP contribution is 2.29. The number of nitrogens with one attached hydrogen (secondary N) is 1. The lowest BCUT2D eigenvalue weighted by atomic mass is 10.1. The lowest BCUT2D eigenvalue weighted by Crippen LogP contribution is -2.25. The van der Waals surface area contributed by atoms with Gasteiger partial charge in [-0.3, -0.25) is 9.78 Å². The van der Waals surface area contributed by atoms with E-state index in [0.717, 1.165) is 12.1 Å². The van der Waals surface area contributed by atoms with Gasteiger partial charge in [0.05, 0.1) is 5.56 Å². The summed E-state index contributed by atoms with van der Waals surface area (Å²) in [4.78, 5) is 20.2. The summed E-state index contributed by atoms with van der Waals surface area (Å²) in [5, 5.41) is 6.55. The Balaban J connectivity index is 1.41. The van der Waals surface area contributed by atoms with Crippen molar-refractivity contribution in [2.24, 2.45) is 0 Å². The molecule has 0 saturated heterocycles. The molecule has 0 bridgehead atoms. The molecule has 9 heteroatoms. The molecule has 2 aromatic heterocycles. The number of amides is 1. The maximum Gasteiger partial charge on any atom is 0.416 e. The van der Waals surface area contributed by atoms with Crippen molar-refractivity contribution in [3.63, 3.8) is 0 Å². The van der Waals surface area contributed by atoms with E-state index in [1.165, 1.54) is 12.1 Å². The van der Waals surface area contributed by atoms with Gasteiger partial charge in [0.1, 0.15) is 5.69 Å².